The van der Waals surface area contributed by atoms with Crippen LogP contribution in [0.15, 0.2) is 12.1 Å². The highest BCUT2D eigenvalue weighted by Gasteiger charge is 2.24. The molecule has 10 heteroatoms. The molecule has 0 aromatic heterocycles. The summed E-state index contributed by atoms with van der Waals surface area (Å²) in [6.45, 7) is 0.311. The zero-order chi connectivity index (χ0) is 16.0. The summed E-state index contributed by atoms with van der Waals surface area (Å²) in [4.78, 5) is 11.2. The summed E-state index contributed by atoms with van der Waals surface area (Å²) in [5, 5.41) is 2.97. The standard InChI is InChI=1S/C11H10Cl2FNO2.Cl2OS/c12-3-8-7(1-6(14)2-9(8)13)10-4-17-5-11(16)15-10;1-4(2)3/h1-2,10H,3-5H2,(H,15,16);/t10-;/m0./s1. The van der Waals surface area contributed by atoms with Gasteiger partial charge in [-0.05, 0) is 23.3 Å². The minimum Gasteiger partial charge on any atom is -0.582 e. The number of hydrogen-bond donors (Lipinski definition) is 1. The summed E-state index contributed by atoms with van der Waals surface area (Å²) in [6, 6.07) is 2.12. The molecule has 4 nitrogen and oxygen atoms in total. The molecule has 1 aliphatic heterocycles. The first-order valence-electron chi connectivity index (χ1n) is 5.50. The van der Waals surface area contributed by atoms with Crippen molar-refractivity contribution < 1.29 is 18.5 Å². The molecule has 2 rings (SSSR count). The Morgan fingerprint density at radius 3 is 2.62 bits per heavy atom. The van der Waals surface area contributed by atoms with Crippen molar-refractivity contribution in [2.45, 2.75) is 11.9 Å². The van der Waals surface area contributed by atoms with Crippen LogP contribution in [0.1, 0.15) is 17.2 Å². The first kappa shape index (κ1) is 19.1. The van der Waals surface area contributed by atoms with E-state index in [0.29, 0.717) is 11.1 Å². The zero-order valence-corrected chi connectivity index (χ0v) is 14.2. The van der Waals surface area contributed by atoms with E-state index in [1.807, 2.05) is 0 Å². The number of halogens is 5. The highest BCUT2D eigenvalue weighted by atomic mass is 36.0. The molecule has 21 heavy (non-hydrogen) atoms. The number of alkyl halides is 1. The van der Waals surface area contributed by atoms with Gasteiger partial charge in [0.05, 0.1) is 12.6 Å². The van der Waals surface area contributed by atoms with Gasteiger partial charge in [-0.3, -0.25) is 4.79 Å². The summed E-state index contributed by atoms with van der Waals surface area (Å²) < 4.78 is 27.5. The van der Waals surface area contributed by atoms with E-state index >= 15 is 0 Å². The molecular formula is C11H10Cl4FNO3S. The fourth-order valence-corrected chi connectivity index (χ4v) is 2.44. The van der Waals surface area contributed by atoms with Crippen LogP contribution < -0.4 is 5.32 Å². The molecule has 1 heterocycles. The van der Waals surface area contributed by atoms with Crippen LogP contribution in [0.5, 0.6) is 0 Å². The summed E-state index contributed by atoms with van der Waals surface area (Å²) in [5.41, 5.74) is 1.18. The molecule has 0 unspecified atom stereocenters. The molecule has 118 valence electrons. The largest absolute Gasteiger partial charge is 0.582 e. The second-order valence-corrected chi connectivity index (χ2v) is 7.11. The summed E-state index contributed by atoms with van der Waals surface area (Å²) in [6.07, 6.45) is 0. The fourth-order valence-electron chi connectivity index (χ4n) is 1.79. The van der Waals surface area contributed by atoms with Gasteiger partial charge >= 0.3 is 0 Å². The van der Waals surface area contributed by atoms with Gasteiger partial charge in [-0.2, -0.15) is 0 Å². The van der Waals surface area contributed by atoms with Crippen LogP contribution in [0.3, 0.4) is 0 Å². The lowest BCUT2D eigenvalue weighted by Crippen LogP contribution is -2.40. The van der Waals surface area contributed by atoms with Crippen molar-refractivity contribution in [1.29, 1.82) is 0 Å². The Hall–Kier alpha value is 0.0500. The molecule has 0 radical (unpaired) electrons. The quantitative estimate of drug-likeness (QED) is 0.615. The number of hydrogen-bond acceptors (Lipinski definition) is 3. The van der Waals surface area contributed by atoms with Crippen LogP contribution >= 0.6 is 44.6 Å². The van der Waals surface area contributed by atoms with Crippen molar-refractivity contribution in [3.63, 3.8) is 0 Å². The third kappa shape index (κ3) is 6.36. The molecule has 1 amide bonds. The van der Waals surface area contributed by atoms with E-state index in [0.717, 1.165) is 0 Å². The molecule has 1 aromatic carbocycles. The van der Waals surface area contributed by atoms with Gasteiger partial charge in [0.1, 0.15) is 12.4 Å². The number of carbonyl (C=O) groups is 1. The first-order valence-corrected chi connectivity index (χ1v) is 9.21. The number of nitrogens with one attached hydrogen (secondary N) is 1. The minimum absolute atomic E-state index is 0.0236. The zero-order valence-electron chi connectivity index (χ0n) is 10.4. The number of rotatable bonds is 2. The van der Waals surface area contributed by atoms with Crippen molar-refractivity contribution in [3.05, 3.63) is 34.1 Å². The van der Waals surface area contributed by atoms with Gasteiger partial charge in [-0.1, -0.05) is 11.6 Å². The normalized spacial score (nSPS) is 18.0. The molecule has 0 saturated carbocycles. The van der Waals surface area contributed by atoms with Gasteiger partial charge < -0.3 is 14.6 Å². The fraction of sp³-hybridized carbons (Fsp3) is 0.364. The maximum atomic E-state index is 13.3. The molecule has 1 aromatic rings. The van der Waals surface area contributed by atoms with E-state index in [2.05, 4.69) is 26.7 Å². The third-order valence-electron chi connectivity index (χ3n) is 2.56. The van der Waals surface area contributed by atoms with Crippen molar-refractivity contribution in [2.75, 3.05) is 13.2 Å². The lowest BCUT2D eigenvalue weighted by molar-refractivity contribution is -0.131. The second kappa shape index (κ2) is 9.25. The van der Waals surface area contributed by atoms with Crippen molar-refractivity contribution in [2.24, 2.45) is 0 Å². The number of carbonyl (C=O) groups excluding carboxylic acids is 1. The van der Waals surface area contributed by atoms with E-state index in [1.165, 1.54) is 12.1 Å². The molecular weight excluding hydrogens is 387 g/mol. The molecule has 1 aliphatic rings. The number of morpholine rings is 1. The summed E-state index contributed by atoms with van der Waals surface area (Å²) in [7, 11) is 7.36. The third-order valence-corrected chi connectivity index (χ3v) is 3.16. The molecule has 1 fully saturated rings. The molecule has 1 N–H and O–H groups in total. The van der Waals surface area contributed by atoms with Crippen LogP contribution in [0.4, 0.5) is 4.39 Å². The summed E-state index contributed by atoms with van der Waals surface area (Å²) >= 11 is 11.7. The van der Waals surface area contributed by atoms with Crippen LogP contribution in [0.2, 0.25) is 5.02 Å². The predicted octanol–water partition coefficient (Wildman–Crippen LogP) is 3.45. The Balaban J connectivity index is 0.000000491. The van der Waals surface area contributed by atoms with Crippen LogP contribution in [-0.2, 0) is 25.0 Å². The van der Waals surface area contributed by atoms with E-state index in [4.69, 9.17) is 32.5 Å². The van der Waals surface area contributed by atoms with Gasteiger partial charge in [0.25, 0.3) is 0 Å². The molecule has 1 atom stereocenters. The first-order chi connectivity index (χ1) is 9.85. The average Bonchev–Trinajstić information content (AvgIpc) is 2.37. The summed E-state index contributed by atoms with van der Waals surface area (Å²) in [5.74, 6) is -0.540. The van der Waals surface area contributed by atoms with Gasteiger partial charge in [0.2, 0.25) is 5.91 Å². The molecule has 0 bridgehead atoms. The Morgan fingerprint density at radius 1 is 1.48 bits per heavy atom. The second-order valence-electron chi connectivity index (χ2n) is 3.91. The SMILES string of the molecule is O=C1COC[C@@H](c2cc(F)cc(Cl)c2CCl)N1.[O-][S+](Cl)Cl. The highest BCUT2D eigenvalue weighted by molar-refractivity contribution is 8.31. The van der Waals surface area contributed by atoms with Crippen LogP contribution in [0.25, 0.3) is 0 Å². The monoisotopic (exact) mass is 395 g/mol. The number of amides is 1. The van der Waals surface area contributed by atoms with E-state index in [-0.39, 0.29) is 30.0 Å². The average molecular weight is 397 g/mol. The maximum absolute atomic E-state index is 13.3. The van der Waals surface area contributed by atoms with Gasteiger partial charge in [-0.15, -0.1) is 11.6 Å². The van der Waals surface area contributed by atoms with E-state index < -0.39 is 21.5 Å². The highest BCUT2D eigenvalue weighted by Crippen LogP contribution is 2.29. The lowest BCUT2D eigenvalue weighted by Gasteiger charge is -2.25. The smallest absolute Gasteiger partial charge is 0.246 e. The Kier molecular flexibility index (Phi) is 8.41. The Labute approximate surface area is 143 Å². The van der Waals surface area contributed by atoms with Gasteiger partial charge in [0.15, 0.2) is 31.0 Å². The Bertz CT molecular complexity index is 504. The van der Waals surface area contributed by atoms with E-state index in [1.54, 1.807) is 0 Å². The molecule has 0 spiro atoms. The van der Waals surface area contributed by atoms with E-state index in [9.17, 15) is 9.18 Å². The van der Waals surface area contributed by atoms with Crippen molar-refractivity contribution in [1.82, 2.24) is 5.32 Å². The molecule has 0 aliphatic carbocycles. The van der Waals surface area contributed by atoms with Crippen LogP contribution in [-0.4, -0.2) is 23.7 Å². The van der Waals surface area contributed by atoms with Gasteiger partial charge in [0, 0.05) is 10.9 Å². The van der Waals surface area contributed by atoms with Crippen molar-refractivity contribution in [3.8, 4) is 0 Å². The van der Waals surface area contributed by atoms with Crippen LogP contribution in [0, 0.1) is 5.82 Å². The molecule has 1 saturated heterocycles. The number of benzene rings is 1. The van der Waals surface area contributed by atoms with Gasteiger partial charge in [-0.25, -0.2) is 4.39 Å². The lowest BCUT2D eigenvalue weighted by atomic mass is 10.0. The minimum atomic E-state index is -1.67. The maximum Gasteiger partial charge on any atom is 0.246 e. The predicted molar refractivity (Wildman–Crippen MR) is 82.5 cm³/mol. The Morgan fingerprint density at radius 2 is 2.10 bits per heavy atom. The topological polar surface area (TPSA) is 61.4 Å². The van der Waals surface area contributed by atoms with Crippen molar-refractivity contribution >= 4 is 60.1 Å². The number of ether oxygens (including phenoxy) is 1.